The molecule has 140 valence electrons. The van der Waals surface area contributed by atoms with Crippen molar-refractivity contribution < 1.29 is 19.4 Å². The third-order valence-electron chi connectivity index (χ3n) is 5.15. The van der Waals surface area contributed by atoms with Gasteiger partial charge in [0.15, 0.2) is 0 Å². The van der Waals surface area contributed by atoms with Crippen molar-refractivity contribution in [1.82, 2.24) is 14.5 Å². The Balaban J connectivity index is 1.82. The summed E-state index contributed by atoms with van der Waals surface area (Å²) in [5.41, 5.74) is 0.418. The summed E-state index contributed by atoms with van der Waals surface area (Å²) < 4.78 is 6.57. The molecule has 2 aliphatic rings. The molecular weight excluding hydrogens is 350 g/mol. The van der Waals surface area contributed by atoms with E-state index in [2.05, 4.69) is 4.98 Å². The molecule has 0 radical (unpaired) electrons. The highest BCUT2D eigenvalue weighted by molar-refractivity contribution is 5.89. The molecule has 0 saturated carbocycles. The zero-order chi connectivity index (χ0) is 19.1. The summed E-state index contributed by atoms with van der Waals surface area (Å²) >= 11 is 0. The van der Waals surface area contributed by atoms with Gasteiger partial charge in [0.2, 0.25) is 5.69 Å². The number of piperidine rings is 1. The molecule has 3 heterocycles. The SMILES string of the molecule is CCOC(=O)c1nc2ccccc2n(C2C[C@H]3C=C[C@H](C2)N3C(=O)O)c1=O. The van der Waals surface area contributed by atoms with E-state index in [-0.39, 0.29) is 30.4 Å². The summed E-state index contributed by atoms with van der Waals surface area (Å²) in [7, 11) is 0. The van der Waals surface area contributed by atoms with E-state index in [1.165, 1.54) is 4.90 Å². The number of benzene rings is 1. The average Bonchev–Trinajstić information content (AvgIpc) is 2.92. The van der Waals surface area contributed by atoms with Crippen LogP contribution in [0.25, 0.3) is 11.0 Å². The molecule has 2 bridgehead atoms. The molecule has 27 heavy (non-hydrogen) atoms. The first-order valence-electron chi connectivity index (χ1n) is 8.89. The minimum Gasteiger partial charge on any atom is -0.465 e. The van der Waals surface area contributed by atoms with Crippen LogP contribution in [0.3, 0.4) is 0 Å². The lowest BCUT2D eigenvalue weighted by Crippen LogP contribution is -2.48. The van der Waals surface area contributed by atoms with Crippen LogP contribution in [-0.4, -0.2) is 50.3 Å². The topological polar surface area (TPSA) is 102 Å². The standard InChI is InChI=1S/C19H19N3O5/c1-2-27-18(24)16-17(23)22(15-6-4-3-5-14(15)20-16)13-9-11-7-8-12(10-13)21(11)19(25)26/h3-8,11-13H,2,9-10H2,1H3,(H,25,26)/t11-,12-/m1/s1. The van der Waals surface area contributed by atoms with Crippen molar-refractivity contribution in [3.05, 3.63) is 52.5 Å². The highest BCUT2D eigenvalue weighted by atomic mass is 16.5. The summed E-state index contributed by atoms with van der Waals surface area (Å²) in [5, 5.41) is 9.42. The van der Waals surface area contributed by atoms with Gasteiger partial charge in [-0.2, -0.15) is 0 Å². The van der Waals surface area contributed by atoms with E-state index in [9.17, 15) is 19.5 Å². The number of hydrogen-bond donors (Lipinski definition) is 1. The third-order valence-corrected chi connectivity index (χ3v) is 5.15. The van der Waals surface area contributed by atoms with Crippen molar-refractivity contribution in [2.24, 2.45) is 0 Å². The van der Waals surface area contributed by atoms with Gasteiger partial charge >= 0.3 is 12.1 Å². The summed E-state index contributed by atoms with van der Waals surface area (Å²) in [4.78, 5) is 42.5. The fraction of sp³-hybridized carbons (Fsp3) is 0.368. The van der Waals surface area contributed by atoms with Crippen LogP contribution >= 0.6 is 0 Å². The Bertz CT molecular complexity index is 996. The van der Waals surface area contributed by atoms with Crippen molar-refractivity contribution in [1.29, 1.82) is 0 Å². The van der Waals surface area contributed by atoms with E-state index in [0.717, 1.165) is 0 Å². The number of para-hydroxylation sites is 2. The van der Waals surface area contributed by atoms with Gasteiger partial charge in [-0.05, 0) is 31.9 Å². The van der Waals surface area contributed by atoms with Gasteiger partial charge in [-0.3, -0.25) is 9.69 Å². The summed E-state index contributed by atoms with van der Waals surface area (Å²) in [5.74, 6) is -0.744. The number of carbonyl (C=O) groups is 2. The highest BCUT2D eigenvalue weighted by Gasteiger charge is 2.41. The zero-order valence-electron chi connectivity index (χ0n) is 14.7. The molecule has 1 aromatic heterocycles. The number of esters is 1. The molecule has 0 spiro atoms. The predicted molar refractivity (Wildman–Crippen MR) is 96.8 cm³/mol. The maximum Gasteiger partial charge on any atom is 0.408 e. The average molecular weight is 369 g/mol. The van der Waals surface area contributed by atoms with Crippen LogP contribution in [0.4, 0.5) is 4.79 Å². The zero-order valence-corrected chi connectivity index (χ0v) is 14.7. The summed E-state index contributed by atoms with van der Waals surface area (Å²) in [6, 6.07) is 6.33. The van der Waals surface area contributed by atoms with Crippen LogP contribution in [0.1, 0.15) is 36.3 Å². The number of carboxylic acid groups (broad SMARTS) is 1. The van der Waals surface area contributed by atoms with E-state index in [0.29, 0.717) is 23.9 Å². The van der Waals surface area contributed by atoms with Gasteiger partial charge in [-0.1, -0.05) is 24.3 Å². The summed E-state index contributed by atoms with van der Waals surface area (Å²) in [6.45, 7) is 1.82. The monoisotopic (exact) mass is 369 g/mol. The van der Waals surface area contributed by atoms with E-state index in [1.807, 2.05) is 18.2 Å². The van der Waals surface area contributed by atoms with Crippen LogP contribution in [0, 0.1) is 0 Å². The molecule has 4 rings (SSSR count). The minimum atomic E-state index is -0.965. The number of amides is 1. The first-order valence-corrected chi connectivity index (χ1v) is 8.89. The number of ether oxygens (including phenoxy) is 1. The third kappa shape index (κ3) is 2.77. The number of fused-ring (bicyclic) bond motifs is 3. The second-order valence-corrected chi connectivity index (χ2v) is 6.68. The molecule has 2 atom stereocenters. The molecule has 1 saturated heterocycles. The Kier molecular flexibility index (Phi) is 4.18. The van der Waals surface area contributed by atoms with Crippen molar-refractivity contribution in [3.63, 3.8) is 0 Å². The molecule has 8 nitrogen and oxygen atoms in total. The lowest BCUT2D eigenvalue weighted by Gasteiger charge is -2.38. The number of aromatic nitrogens is 2. The van der Waals surface area contributed by atoms with Gasteiger partial charge in [-0.25, -0.2) is 14.6 Å². The first-order chi connectivity index (χ1) is 13.0. The van der Waals surface area contributed by atoms with Crippen molar-refractivity contribution in [3.8, 4) is 0 Å². The molecule has 0 aliphatic carbocycles. The quantitative estimate of drug-likeness (QED) is 0.657. The van der Waals surface area contributed by atoms with E-state index >= 15 is 0 Å². The molecule has 2 aromatic rings. The first kappa shape index (κ1) is 17.3. The normalized spacial score (nSPS) is 23.6. The number of nitrogens with zero attached hydrogens (tertiary/aromatic N) is 3. The minimum absolute atomic E-state index is 0.151. The van der Waals surface area contributed by atoms with E-state index in [4.69, 9.17) is 4.74 Å². The number of hydrogen-bond acceptors (Lipinski definition) is 5. The van der Waals surface area contributed by atoms with Gasteiger partial charge in [0.25, 0.3) is 5.56 Å². The molecule has 1 N–H and O–H groups in total. The number of rotatable bonds is 3. The van der Waals surface area contributed by atoms with Crippen LogP contribution in [0.15, 0.2) is 41.2 Å². The molecule has 1 amide bonds. The van der Waals surface area contributed by atoms with Crippen LogP contribution < -0.4 is 5.56 Å². The largest absolute Gasteiger partial charge is 0.465 e. The van der Waals surface area contributed by atoms with Gasteiger partial charge < -0.3 is 14.4 Å². The van der Waals surface area contributed by atoms with Gasteiger partial charge in [0.05, 0.1) is 29.7 Å². The highest BCUT2D eigenvalue weighted by Crippen LogP contribution is 2.37. The predicted octanol–water partition coefficient (Wildman–Crippen LogP) is 2.20. The van der Waals surface area contributed by atoms with Gasteiger partial charge in [-0.15, -0.1) is 0 Å². The Morgan fingerprint density at radius 1 is 1.22 bits per heavy atom. The lowest BCUT2D eigenvalue weighted by molar-refractivity contribution is 0.0516. The van der Waals surface area contributed by atoms with Crippen molar-refractivity contribution in [2.75, 3.05) is 6.61 Å². The van der Waals surface area contributed by atoms with Crippen molar-refractivity contribution >= 4 is 23.1 Å². The molecular formula is C19H19N3O5. The smallest absolute Gasteiger partial charge is 0.408 e. The molecule has 0 unspecified atom stereocenters. The Hall–Kier alpha value is -3.16. The fourth-order valence-corrected chi connectivity index (χ4v) is 4.07. The van der Waals surface area contributed by atoms with Crippen LogP contribution in [0.5, 0.6) is 0 Å². The molecule has 1 fully saturated rings. The second kappa shape index (κ2) is 6.53. The Morgan fingerprint density at radius 2 is 1.89 bits per heavy atom. The van der Waals surface area contributed by atoms with Crippen LogP contribution in [-0.2, 0) is 4.74 Å². The molecule has 1 aromatic carbocycles. The Morgan fingerprint density at radius 3 is 2.52 bits per heavy atom. The van der Waals surface area contributed by atoms with Crippen molar-refractivity contribution in [2.45, 2.75) is 37.9 Å². The summed E-state index contributed by atoms with van der Waals surface area (Å²) in [6.07, 6.45) is 3.72. The maximum atomic E-state index is 13.1. The molecule has 2 aliphatic heterocycles. The van der Waals surface area contributed by atoms with E-state index < -0.39 is 17.6 Å². The maximum absolute atomic E-state index is 13.1. The Labute approximate surface area is 154 Å². The van der Waals surface area contributed by atoms with Crippen LogP contribution in [0.2, 0.25) is 0 Å². The van der Waals surface area contributed by atoms with E-state index in [1.54, 1.807) is 29.7 Å². The molecule has 8 heteroatoms. The second-order valence-electron chi connectivity index (χ2n) is 6.68. The lowest BCUT2D eigenvalue weighted by atomic mass is 9.96. The van der Waals surface area contributed by atoms with Gasteiger partial charge in [0.1, 0.15) is 0 Å². The van der Waals surface area contributed by atoms with Gasteiger partial charge in [0, 0.05) is 6.04 Å². The fourth-order valence-electron chi connectivity index (χ4n) is 4.07. The number of carbonyl (C=O) groups excluding carboxylic acids is 1.